The van der Waals surface area contributed by atoms with Gasteiger partial charge in [-0.3, -0.25) is 0 Å². The number of aryl methyl sites for hydroxylation is 1. The number of ether oxygens (including phenoxy) is 3. The lowest BCUT2D eigenvalue weighted by Gasteiger charge is -2.18. The van der Waals surface area contributed by atoms with E-state index in [-0.39, 0.29) is 19.3 Å². The van der Waals surface area contributed by atoms with Gasteiger partial charge in [-0.2, -0.15) is 0 Å². The van der Waals surface area contributed by atoms with E-state index in [1.165, 1.54) is 5.56 Å². The van der Waals surface area contributed by atoms with E-state index in [0.717, 1.165) is 17.9 Å². The van der Waals surface area contributed by atoms with E-state index in [1.54, 1.807) is 7.11 Å². The van der Waals surface area contributed by atoms with Gasteiger partial charge in [-0.25, -0.2) is 0 Å². The predicted molar refractivity (Wildman–Crippen MR) is 82.7 cm³/mol. The van der Waals surface area contributed by atoms with Crippen molar-refractivity contribution in [2.45, 2.75) is 32.6 Å². The van der Waals surface area contributed by atoms with E-state index in [2.05, 4.69) is 11.4 Å². The fourth-order valence-electron chi connectivity index (χ4n) is 1.97. The van der Waals surface area contributed by atoms with Crippen molar-refractivity contribution < 1.29 is 19.3 Å². The van der Waals surface area contributed by atoms with E-state index >= 15 is 0 Å². The number of methoxy groups -OCH3 is 1. The van der Waals surface area contributed by atoms with E-state index in [4.69, 9.17) is 14.2 Å². The number of hydrogen-bond donors (Lipinski definition) is 2. The second-order valence-corrected chi connectivity index (χ2v) is 5.21. The normalized spacial score (nSPS) is 14.0. The largest absolute Gasteiger partial charge is 0.490 e. The number of aliphatic hydroxyl groups excluding tert-OH is 1. The van der Waals surface area contributed by atoms with Crippen molar-refractivity contribution in [3.63, 3.8) is 0 Å². The van der Waals surface area contributed by atoms with Crippen LogP contribution in [0.15, 0.2) is 18.2 Å². The first kappa shape index (κ1) is 17.9. The highest BCUT2D eigenvalue weighted by Gasteiger charge is 2.10. The van der Waals surface area contributed by atoms with Gasteiger partial charge in [0.05, 0.1) is 19.3 Å². The third-order valence-electron chi connectivity index (χ3n) is 2.99. The summed E-state index contributed by atoms with van der Waals surface area (Å²) in [6, 6.07) is 6.01. The van der Waals surface area contributed by atoms with Gasteiger partial charge in [0, 0.05) is 19.2 Å². The summed E-state index contributed by atoms with van der Waals surface area (Å²) in [5.41, 5.74) is 2.27. The fourth-order valence-corrected chi connectivity index (χ4v) is 1.97. The summed E-state index contributed by atoms with van der Waals surface area (Å²) in [6.07, 6.45) is -0.697. The summed E-state index contributed by atoms with van der Waals surface area (Å²) in [6.45, 7) is 5.63. The lowest BCUT2D eigenvalue weighted by Crippen LogP contribution is -2.27. The minimum absolute atomic E-state index is 0.0381. The molecule has 0 aromatic heterocycles. The topological polar surface area (TPSA) is 60.0 Å². The quantitative estimate of drug-likeness (QED) is 0.685. The Balaban J connectivity index is 2.43. The molecule has 2 N–H and O–H groups in total. The molecule has 21 heavy (non-hydrogen) atoms. The average molecular weight is 297 g/mol. The third kappa shape index (κ3) is 6.91. The van der Waals surface area contributed by atoms with Crippen LogP contribution in [0, 0.1) is 6.92 Å². The zero-order chi connectivity index (χ0) is 15.7. The molecule has 120 valence electrons. The van der Waals surface area contributed by atoms with E-state index in [0.29, 0.717) is 6.61 Å². The molecule has 0 spiro atoms. The molecule has 5 nitrogen and oxygen atoms in total. The molecule has 0 heterocycles. The van der Waals surface area contributed by atoms with Crippen molar-refractivity contribution in [1.82, 2.24) is 5.32 Å². The summed E-state index contributed by atoms with van der Waals surface area (Å²) >= 11 is 0. The van der Waals surface area contributed by atoms with Crippen molar-refractivity contribution in [3.8, 4) is 5.75 Å². The van der Waals surface area contributed by atoms with Crippen LogP contribution in [-0.2, 0) is 16.0 Å². The van der Waals surface area contributed by atoms with Crippen LogP contribution in [0.1, 0.15) is 18.1 Å². The predicted octanol–water partition coefficient (Wildman–Crippen LogP) is 1.51. The Bertz CT molecular complexity index is 411. The van der Waals surface area contributed by atoms with Crippen LogP contribution in [0.3, 0.4) is 0 Å². The van der Waals surface area contributed by atoms with Gasteiger partial charge in [0.25, 0.3) is 0 Å². The highest BCUT2D eigenvalue weighted by molar-refractivity contribution is 5.36. The molecule has 0 aliphatic heterocycles. The van der Waals surface area contributed by atoms with Crippen molar-refractivity contribution in [3.05, 3.63) is 29.3 Å². The minimum Gasteiger partial charge on any atom is -0.490 e. The van der Waals surface area contributed by atoms with Crippen LogP contribution in [0.2, 0.25) is 0 Å². The first-order chi connectivity index (χ1) is 10.1. The maximum atomic E-state index is 9.90. The molecule has 0 aliphatic carbocycles. The summed E-state index contributed by atoms with van der Waals surface area (Å²) in [5, 5.41) is 13.0. The molecule has 0 bridgehead atoms. The first-order valence-electron chi connectivity index (χ1n) is 7.22. The van der Waals surface area contributed by atoms with Crippen LogP contribution >= 0.6 is 0 Å². The van der Waals surface area contributed by atoms with Crippen molar-refractivity contribution in [1.29, 1.82) is 0 Å². The van der Waals surface area contributed by atoms with Crippen LogP contribution in [0.4, 0.5) is 0 Å². The lowest BCUT2D eigenvalue weighted by molar-refractivity contribution is -0.0423. The van der Waals surface area contributed by atoms with Gasteiger partial charge in [-0.05, 0) is 27.0 Å². The zero-order valence-electron chi connectivity index (χ0n) is 13.4. The molecule has 0 aliphatic rings. The van der Waals surface area contributed by atoms with Gasteiger partial charge in [0.2, 0.25) is 0 Å². The standard InChI is InChI=1S/C16H27NO4/c1-12-5-6-16(14(7-12)8-17-3)21-11-15(18)10-20-13(2)9-19-4/h5-7,13,15,17-18H,8-11H2,1-4H3. The molecule has 0 amide bonds. The van der Waals surface area contributed by atoms with Crippen LogP contribution in [-0.4, -0.2) is 51.3 Å². The van der Waals surface area contributed by atoms with Crippen LogP contribution in [0.25, 0.3) is 0 Å². The number of nitrogens with one attached hydrogen (secondary N) is 1. The second-order valence-electron chi connectivity index (χ2n) is 5.21. The Morgan fingerprint density at radius 3 is 2.67 bits per heavy atom. The van der Waals surface area contributed by atoms with Gasteiger partial charge < -0.3 is 24.6 Å². The summed E-state index contributed by atoms with van der Waals surface area (Å²) < 4.78 is 16.1. The summed E-state index contributed by atoms with van der Waals surface area (Å²) in [4.78, 5) is 0. The molecule has 1 aromatic rings. The second kappa shape index (κ2) is 9.73. The van der Waals surface area contributed by atoms with Gasteiger partial charge in [0.1, 0.15) is 18.5 Å². The lowest BCUT2D eigenvalue weighted by atomic mass is 10.1. The van der Waals surface area contributed by atoms with Gasteiger partial charge in [-0.15, -0.1) is 0 Å². The Morgan fingerprint density at radius 2 is 2.00 bits per heavy atom. The molecule has 2 unspecified atom stereocenters. The van der Waals surface area contributed by atoms with Crippen molar-refractivity contribution in [2.24, 2.45) is 0 Å². The first-order valence-corrected chi connectivity index (χ1v) is 7.22. The Morgan fingerprint density at radius 1 is 1.24 bits per heavy atom. The van der Waals surface area contributed by atoms with Gasteiger partial charge in [0.15, 0.2) is 0 Å². The number of rotatable bonds is 10. The molecule has 0 fully saturated rings. The van der Waals surface area contributed by atoms with E-state index < -0.39 is 6.10 Å². The average Bonchev–Trinajstić information content (AvgIpc) is 2.45. The zero-order valence-corrected chi connectivity index (χ0v) is 13.4. The van der Waals surface area contributed by atoms with Crippen molar-refractivity contribution in [2.75, 3.05) is 34.0 Å². The van der Waals surface area contributed by atoms with E-state index in [9.17, 15) is 5.11 Å². The molecular formula is C16H27NO4. The third-order valence-corrected chi connectivity index (χ3v) is 2.99. The monoisotopic (exact) mass is 297 g/mol. The van der Waals surface area contributed by atoms with Crippen molar-refractivity contribution >= 4 is 0 Å². The number of hydrogen-bond acceptors (Lipinski definition) is 5. The van der Waals surface area contributed by atoms with Gasteiger partial charge >= 0.3 is 0 Å². The highest BCUT2D eigenvalue weighted by Crippen LogP contribution is 2.20. The molecule has 5 heteroatoms. The highest BCUT2D eigenvalue weighted by atomic mass is 16.5. The molecule has 1 rings (SSSR count). The Hall–Kier alpha value is -1.14. The minimum atomic E-state index is -0.659. The Kier molecular flexibility index (Phi) is 8.30. The molecule has 0 radical (unpaired) electrons. The fraction of sp³-hybridized carbons (Fsp3) is 0.625. The van der Waals surface area contributed by atoms with E-state index in [1.807, 2.05) is 33.0 Å². The molecular weight excluding hydrogens is 270 g/mol. The summed E-state index contributed by atoms with van der Waals surface area (Å²) in [5.74, 6) is 0.791. The maximum absolute atomic E-state index is 9.90. The van der Waals surface area contributed by atoms with Gasteiger partial charge in [-0.1, -0.05) is 17.7 Å². The number of benzene rings is 1. The molecule has 2 atom stereocenters. The smallest absolute Gasteiger partial charge is 0.123 e. The Labute approximate surface area is 127 Å². The molecule has 0 saturated heterocycles. The SMILES string of the molecule is CNCc1cc(C)ccc1OCC(O)COC(C)COC. The van der Waals surface area contributed by atoms with Crippen LogP contribution in [0.5, 0.6) is 5.75 Å². The summed E-state index contributed by atoms with van der Waals surface area (Å²) in [7, 11) is 3.52. The molecule has 0 saturated carbocycles. The number of aliphatic hydroxyl groups is 1. The maximum Gasteiger partial charge on any atom is 0.123 e. The van der Waals surface area contributed by atoms with Crippen LogP contribution < -0.4 is 10.1 Å². The molecule has 1 aromatic carbocycles.